The van der Waals surface area contributed by atoms with Gasteiger partial charge in [-0.25, -0.2) is 8.42 Å². The Balaban J connectivity index is 2.34. The number of nitrogens with two attached hydrogens (primary N) is 1. The van der Waals surface area contributed by atoms with Gasteiger partial charge in [0.1, 0.15) is 0 Å². The fourth-order valence-electron chi connectivity index (χ4n) is 1.49. The largest absolute Gasteiger partial charge is 0.398 e. The fourth-order valence-corrected chi connectivity index (χ4v) is 3.08. The number of nitrogens with zero attached hydrogens (tertiary/aromatic N) is 1. The molecule has 2 N–H and O–H groups in total. The molecular weight excluding hydrogens is 272 g/mol. The maximum Gasteiger partial charge on any atom is 0.182 e. The monoisotopic (exact) mass is 282 g/mol. The number of sulfone groups is 1. The van der Waals surface area contributed by atoms with Crippen molar-refractivity contribution in [3.05, 3.63) is 53.3 Å². The first-order chi connectivity index (χ1) is 8.49. The molecule has 2 aromatic rings. The highest BCUT2D eigenvalue weighted by molar-refractivity contribution is 7.90. The first kappa shape index (κ1) is 12.9. The number of anilines is 1. The van der Waals surface area contributed by atoms with Crippen LogP contribution in [0.15, 0.2) is 47.6 Å². The van der Waals surface area contributed by atoms with Gasteiger partial charge in [-0.1, -0.05) is 17.7 Å². The summed E-state index contributed by atoms with van der Waals surface area (Å²) in [5, 5.41) is 0.238. The second kappa shape index (κ2) is 4.96. The van der Waals surface area contributed by atoms with Crippen molar-refractivity contribution in [2.24, 2.45) is 0 Å². The number of pyridine rings is 1. The molecule has 0 saturated heterocycles. The van der Waals surface area contributed by atoms with Crippen molar-refractivity contribution in [1.82, 2.24) is 4.98 Å². The van der Waals surface area contributed by atoms with Crippen LogP contribution in [0.5, 0.6) is 0 Å². The summed E-state index contributed by atoms with van der Waals surface area (Å²) < 4.78 is 24.3. The van der Waals surface area contributed by atoms with Crippen LogP contribution in [0.4, 0.5) is 5.69 Å². The average molecular weight is 283 g/mol. The molecule has 0 unspecified atom stereocenters. The smallest absolute Gasteiger partial charge is 0.182 e. The summed E-state index contributed by atoms with van der Waals surface area (Å²) in [7, 11) is -3.43. The van der Waals surface area contributed by atoms with E-state index < -0.39 is 9.84 Å². The number of nitrogen functional groups attached to an aromatic ring is 1. The molecule has 2 rings (SSSR count). The maximum atomic E-state index is 12.1. The van der Waals surface area contributed by atoms with E-state index >= 15 is 0 Å². The van der Waals surface area contributed by atoms with Gasteiger partial charge in [0.15, 0.2) is 9.84 Å². The van der Waals surface area contributed by atoms with Crippen molar-refractivity contribution in [2.45, 2.75) is 10.6 Å². The molecule has 0 fully saturated rings. The zero-order valence-electron chi connectivity index (χ0n) is 9.38. The summed E-state index contributed by atoms with van der Waals surface area (Å²) in [5.74, 6) is -0.110. The van der Waals surface area contributed by atoms with Gasteiger partial charge in [0.05, 0.1) is 21.4 Å². The molecule has 0 aliphatic rings. The summed E-state index contributed by atoms with van der Waals surface area (Å²) in [5.41, 5.74) is 6.54. The van der Waals surface area contributed by atoms with E-state index in [9.17, 15) is 8.42 Å². The molecule has 0 aliphatic heterocycles. The van der Waals surface area contributed by atoms with Crippen LogP contribution in [0.1, 0.15) is 5.56 Å². The third-order valence-corrected chi connectivity index (χ3v) is 4.42. The molecule has 18 heavy (non-hydrogen) atoms. The lowest BCUT2D eigenvalue weighted by Crippen LogP contribution is -2.05. The number of hydrogen-bond donors (Lipinski definition) is 1. The Hall–Kier alpha value is -1.59. The molecule has 0 bridgehead atoms. The summed E-state index contributed by atoms with van der Waals surface area (Å²) in [6.45, 7) is 0. The number of halogens is 1. The van der Waals surface area contributed by atoms with E-state index in [1.165, 1.54) is 24.4 Å². The lowest BCUT2D eigenvalue weighted by Gasteiger charge is -2.06. The van der Waals surface area contributed by atoms with Crippen molar-refractivity contribution < 1.29 is 8.42 Å². The van der Waals surface area contributed by atoms with Gasteiger partial charge < -0.3 is 5.73 Å². The van der Waals surface area contributed by atoms with Gasteiger partial charge in [-0.3, -0.25) is 4.98 Å². The van der Waals surface area contributed by atoms with E-state index in [0.717, 1.165) is 0 Å². The van der Waals surface area contributed by atoms with Crippen LogP contribution in [-0.2, 0) is 15.6 Å². The number of aromatic nitrogens is 1. The molecular formula is C12H11ClN2O2S. The lowest BCUT2D eigenvalue weighted by atomic mass is 10.3. The first-order valence-electron chi connectivity index (χ1n) is 5.16. The van der Waals surface area contributed by atoms with Gasteiger partial charge in [0, 0.05) is 12.4 Å². The molecule has 0 radical (unpaired) electrons. The number of benzene rings is 1. The standard InChI is InChI=1S/C12H11ClN2O2S/c13-11-6-10(3-4-12(11)14)18(16,17)8-9-2-1-5-15-7-9/h1-7H,8,14H2. The predicted octanol–water partition coefficient (Wildman–Crippen LogP) is 2.29. The minimum Gasteiger partial charge on any atom is -0.398 e. The van der Waals surface area contributed by atoms with E-state index in [1.54, 1.807) is 18.3 Å². The van der Waals surface area contributed by atoms with Crippen molar-refractivity contribution in [1.29, 1.82) is 0 Å². The normalized spacial score (nSPS) is 11.4. The zero-order chi connectivity index (χ0) is 13.2. The Kier molecular flexibility index (Phi) is 3.54. The van der Waals surface area contributed by atoms with Crippen molar-refractivity contribution in [3.8, 4) is 0 Å². The molecule has 4 nitrogen and oxygen atoms in total. The van der Waals surface area contributed by atoms with Gasteiger partial charge in [-0.2, -0.15) is 0 Å². The van der Waals surface area contributed by atoms with Crippen LogP contribution in [0.25, 0.3) is 0 Å². The summed E-state index contributed by atoms with van der Waals surface area (Å²) in [6, 6.07) is 7.71. The van der Waals surface area contributed by atoms with Gasteiger partial charge in [-0.05, 0) is 29.8 Å². The Morgan fingerprint density at radius 3 is 2.67 bits per heavy atom. The van der Waals surface area contributed by atoms with Crippen molar-refractivity contribution in [2.75, 3.05) is 5.73 Å². The van der Waals surface area contributed by atoms with Gasteiger partial charge in [0.25, 0.3) is 0 Å². The highest BCUT2D eigenvalue weighted by Gasteiger charge is 2.16. The zero-order valence-corrected chi connectivity index (χ0v) is 10.9. The average Bonchev–Trinajstić information content (AvgIpc) is 2.33. The fraction of sp³-hybridized carbons (Fsp3) is 0.0833. The van der Waals surface area contributed by atoms with Gasteiger partial charge in [-0.15, -0.1) is 0 Å². The minimum absolute atomic E-state index is 0.110. The molecule has 1 heterocycles. The third kappa shape index (κ3) is 2.80. The summed E-state index contributed by atoms with van der Waals surface area (Å²) >= 11 is 5.82. The summed E-state index contributed by atoms with van der Waals surface area (Å²) in [4.78, 5) is 4.04. The Labute approximate surface area is 110 Å². The highest BCUT2D eigenvalue weighted by Crippen LogP contribution is 2.24. The molecule has 0 saturated carbocycles. The van der Waals surface area contributed by atoms with E-state index in [0.29, 0.717) is 11.3 Å². The minimum atomic E-state index is -3.43. The second-order valence-corrected chi connectivity index (χ2v) is 6.20. The quantitative estimate of drug-likeness (QED) is 0.877. The van der Waals surface area contributed by atoms with Crippen molar-refractivity contribution >= 4 is 27.1 Å². The number of hydrogen-bond acceptors (Lipinski definition) is 4. The van der Waals surface area contributed by atoms with Crippen molar-refractivity contribution in [3.63, 3.8) is 0 Å². The SMILES string of the molecule is Nc1ccc(S(=O)(=O)Cc2cccnc2)cc1Cl. The molecule has 0 aliphatic carbocycles. The molecule has 94 valence electrons. The topological polar surface area (TPSA) is 73.1 Å². The van der Waals surface area contributed by atoms with E-state index in [-0.39, 0.29) is 15.7 Å². The van der Waals surface area contributed by atoms with Crippen LogP contribution < -0.4 is 5.73 Å². The number of rotatable bonds is 3. The molecule has 0 atom stereocenters. The predicted molar refractivity (Wildman–Crippen MR) is 71.0 cm³/mol. The highest BCUT2D eigenvalue weighted by atomic mass is 35.5. The van der Waals surface area contributed by atoms with Gasteiger partial charge in [0.2, 0.25) is 0 Å². The van der Waals surface area contributed by atoms with E-state index in [2.05, 4.69) is 4.98 Å². The third-order valence-electron chi connectivity index (χ3n) is 2.41. The summed E-state index contributed by atoms with van der Waals surface area (Å²) in [6.07, 6.45) is 3.12. The molecule has 0 spiro atoms. The Bertz CT molecular complexity index is 657. The van der Waals surface area contributed by atoms with Crippen LogP contribution in [0, 0.1) is 0 Å². The van der Waals surface area contributed by atoms with E-state index in [1.807, 2.05) is 0 Å². The van der Waals surface area contributed by atoms with Crippen LogP contribution in [0.3, 0.4) is 0 Å². The lowest BCUT2D eigenvalue weighted by molar-refractivity contribution is 0.595. The van der Waals surface area contributed by atoms with Crippen LogP contribution in [-0.4, -0.2) is 13.4 Å². The maximum absolute atomic E-state index is 12.1. The van der Waals surface area contributed by atoms with Crippen LogP contribution >= 0.6 is 11.6 Å². The molecule has 6 heteroatoms. The van der Waals surface area contributed by atoms with Crippen LogP contribution in [0.2, 0.25) is 5.02 Å². The Morgan fingerprint density at radius 2 is 2.06 bits per heavy atom. The second-order valence-electron chi connectivity index (χ2n) is 3.80. The van der Waals surface area contributed by atoms with Gasteiger partial charge >= 0.3 is 0 Å². The molecule has 0 amide bonds. The molecule has 1 aromatic heterocycles. The Morgan fingerprint density at radius 1 is 1.28 bits per heavy atom. The molecule has 1 aromatic carbocycles. The first-order valence-corrected chi connectivity index (χ1v) is 7.19. The van der Waals surface area contributed by atoms with E-state index in [4.69, 9.17) is 17.3 Å².